The molecule has 0 saturated carbocycles. The minimum absolute atomic E-state index is 0.0956. The van der Waals surface area contributed by atoms with Crippen LogP contribution in [-0.2, 0) is 16.6 Å². The molecular formula is C22H20N4O4S. The van der Waals surface area contributed by atoms with Gasteiger partial charge in [0.25, 0.3) is 15.9 Å². The maximum Gasteiger partial charge on any atom is 0.264 e. The van der Waals surface area contributed by atoms with E-state index in [0.717, 1.165) is 0 Å². The highest BCUT2D eigenvalue weighted by molar-refractivity contribution is 7.92. The van der Waals surface area contributed by atoms with Crippen LogP contribution in [0.25, 0.3) is 0 Å². The van der Waals surface area contributed by atoms with E-state index in [1.165, 1.54) is 35.6 Å². The summed E-state index contributed by atoms with van der Waals surface area (Å²) in [5.74, 6) is 0.833. The average Bonchev–Trinajstić information content (AvgIpc) is 3.46. The van der Waals surface area contributed by atoms with E-state index in [0.29, 0.717) is 29.4 Å². The summed E-state index contributed by atoms with van der Waals surface area (Å²) in [4.78, 5) is 12.7. The largest absolute Gasteiger partial charge is 0.467 e. The summed E-state index contributed by atoms with van der Waals surface area (Å²) in [7, 11) is -2.25. The van der Waals surface area contributed by atoms with Crippen molar-refractivity contribution in [3.05, 3.63) is 96.6 Å². The van der Waals surface area contributed by atoms with E-state index in [1.807, 2.05) is 12.1 Å². The SMILES string of the molecule is CN(c1ccccc1)S(=O)(=O)c1ccc(C(=O)Nc2ccnn2Cc2ccco2)cc1. The molecule has 0 fully saturated rings. The van der Waals surface area contributed by atoms with Crippen LogP contribution in [0.5, 0.6) is 0 Å². The molecule has 4 rings (SSSR count). The summed E-state index contributed by atoms with van der Waals surface area (Å²) < 4.78 is 33.9. The van der Waals surface area contributed by atoms with Gasteiger partial charge in [0.05, 0.1) is 23.0 Å². The van der Waals surface area contributed by atoms with Crippen molar-refractivity contribution in [1.29, 1.82) is 0 Å². The number of aromatic nitrogens is 2. The Balaban J connectivity index is 1.48. The molecule has 2 aromatic carbocycles. The van der Waals surface area contributed by atoms with Crippen molar-refractivity contribution in [1.82, 2.24) is 9.78 Å². The number of para-hydroxylation sites is 1. The van der Waals surface area contributed by atoms with Crippen LogP contribution in [0, 0.1) is 0 Å². The number of furan rings is 1. The van der Waals surface area contributed by atoms with Gasteiger partial charge < -0.3 is 9.73 Å². The predicted molar refractivity (Wildman–Crippen MR) is 116 cm³/mol. The van der Waals surface area contributed by atoms with E-state index in [9.17, 15) is 13.2 Å². The summed E-state index contributed by atoms with van der Waals surface area (Å²) in [5.41, 5.74) is 0.876. The van der Waals surface area contributed by atoms with Gasteiger partial charge in [0.2, 0.25) is 0 Å². The first-order valence-corrected chi connectivity index (χ1v) is 10.9. The number of carbonyl (C=O) groups excluding carboxylic acids is 1. The van der Waals surface area contributed by atoms with Crippen LogP contribution in [0.2, 0.25) is 0 Å². The van der Waals surface area contributed by atoms with Crippen LogP contribution >= 0.6 is 0 Å². The lowest BCUT2D eigenvalue weighted by Gasteiger charge is -2.19. The van der Waals surface area contributed by atoms with Gasteiger partial charge in [0.15, 0.2) is 0 Å². The van der Waals surface area contributed by atoms with Gasteiger partial charge in [-0.15, -0.1) is 0 Å². The van der Waals surface area contributed by atoms with Gasteiger partial charge in [-0.05, 0) is 48.5 Å². The van der Waals surface area contributed by atoms with Gasteiger partial charge in [-0.25, -0.2) is 13.1 Å². The fourth-order valence-electron chi connectivity index (χ4n) is 3.02. The lowest BCUT2D eigenvalue weighted by molar-refractivity contribution is 0.102. The van der Waals surface area contributed by atoms with Crippen LogP contribution in [0.3, 0.4) is 0 Å². The molecule has 0 saturated heterocycles. The maximum atomic E-state index is 12.9. The topological polar surface area (TPSA) is 97.4 Å². The van der Waals surface area contributed by atoms with Gasteiger partial charge in [-0.1, -0.05) is 18.2 Å². The van der Waals surface area contributed by atoms with Gasteiger partial charge in [0, 0.05) is 18.7 Å². The maximum absolute atomic E-state index is 12.9. The van der Waals surface area contributed by atoms with Gasteiger partial charge >= 0.3 is 0 Å². The molecule has 31 heavy (non-hydrogen) atoms. The fourth-order valence-corrected chi connectivity index (χ4v) is 4.21. The molecule has 2 heterocycles. The Morgan fingerprint density at radius 2 is 1.77 bits per heavy atom. The third kappa shape index (κ3) is 4.36. The molecular weight excluding hydrogens is 416 g/mol. The minimum Gasteiger partial charge on any atom is -0.467 e. The first kappa shape index (κ1) is 20.4. The Morgan fingerprint density at radius 1 is 1.03 bits per heavy atom. The van der Waals surface area contributed by atoms with Crippen LogP contribution in [0.15, 0.2) is 94.6 Å². The molecule has 0 aliphatic carbocycles. The molecule has 158 valence electrons. The fraction of sp³-hybridized carbons (Fsp3) is 0.0909. The average molecular weight is 436 g/mol. The third-order valence-corrected chi connectivity index (χ3v) is 6.54. The zero-order chi connectivity index (χ0) is 21.8. The molecule has 9 heteroatoms. The molecule has 0 spiro atoms. The third-order valence-electron chi connectivity index (χ3n) is 4.74. The molecule has 0 bridgehead atoms. The summed E-state index contributed by atoms with van der Waals surface area (Å²) >= 11 is 0. The van der Waals surface area contributed by atoms with Crippen LogP contribution in [0.4, 0.5) is 11.5 Å². The lowest BCUT2D eigenvalue weighted by atomic mass is 10.2. The van der Waals surface area contributed by atoms with E-state index >= 15 is 0 Å². The summed E-state index contributed by atoms with van der Waals surface area (Å²) in [6.07, 6.45) is 3.15. The Labute approximate surface area is 179 Å². The summed E-state index contributed by atoms with van der Waals surface area (Å²) in [6, 6.07) is 19.9. The van der Waals surface area contributed by atoms with Gasteiger partial charge in [0.1, 0.15) is 18.1 Å². The second kappa shape index (κ2) is 8.49. The molecule has 0 aliphatic rings. The van der Waals surface area contributed by atoms with Crippen molar-refractivity contribution in [2.45, 2.75) is 11.4 Å². The minimum atomic E-state index is -3.74. The number of hydrogen-bond acceptors (Lipinski definition) is 5. The second-order valence-corrected chi connectivity index (χ2v) is 8.71. The lowest BCUT2D eigenvalue weighted by Crippen LogP contribution is -2.26. The Morgan fingerprint density at radius 3 is 2.45 bits per heavy atom. The van der Waals surface area contributed by atoms with Crippen molar-refractivity contribution >= 4 is 27.4 Å². The molecule has 1 amide bonds. The number of sulfonamides is 1. The normalized spacial score (nSPS) is 11.3. The van der Waals surface area contributed by atoms with E-state index in [1.54, 1.807) is 53.5 Å². The molecule has 2 aromatic heterocycles. The van der Waals surface area contributed by atoms with Crippen molar-refractivity contribution in [3.63, 3.8) is 0 Å². The summed E-state index contributed by atoms with van der Waals surface area (Å²) in [5, 5.41) is 6.98. The number of amides is 1. The van der Waals surface area contributed by atoms with Crippen molar-refractivity contribution in [2.75, 3.05) is 16.7 Å². The summed E-state index contributed by atoms with van der Waals surface area (Å²) in [6.45, 7) is 0.374. The van der Waals surface area contributed by atoms with E-state index in [4.69, 9.17) is 4.42 Å². The highest BCUT2D eigenvalue weighted by atomic mass is 32.2. The predicted octanol–water partition coefficient (Wildman–Crippen LogP) is 3.60. The Bertz CT molecular complexity index is 1260. The van der Waals surface area contributed by atoms with Gasteiger partial charge in [-0.2, -0.15) is 5.10 Å². The molecule has 0 unspecified atom stereocenters. The number of nitrogens with zero attached hydrogens (tertiary/aromatic N) is 3. The van der Waals surface area contributed by atoms with Crippen molar-refractivity contribution < 1.29 is 17.6 Å². The molecule has 0 radical (unpaired) electrons. The van der Waals surface area contributed by atoms with Crippen LogP contribution in [0.1, 0.15) is 16.1 Å². The zero-order valence-electron chi connectivity index (χ0n) is 16.7. The molecule has 0 aliphatic heterocycles. The standard InChI is InChI=1S/C22H20N4O4S/c1-25(18-6-3-2-4-7-18)31(28,29)20-11-9-17(10-12-20)22(27)24-21-13-14-23-26(21)16-19-8-5-15-30-19/h2-15H,16H2,1H3,(H,24,27). The smallest absolute Gasteiger partial charge is 0.264 e. The van der Waals surface area contributed by atoms with Crippen molar-refractivity contribution in [3.8, 4) is 0 Å². The zero-order valence-corrected chi connectivity index (χ0v) is 17.5. The van der Waals surface area contributed by atoms with Crippen LogP contribution in [-0.4, -0.2) is 31.2 Å². The number of nitrogens with one attached hydrogen (secondary N) is 1. The molecule has 1 N–H and O–H groups in total. The number of benzene rings is 2. The van der Waals surface area contributed by atoms with Crippen molar-refractivity contribution in [2.24, 2.45) is 0 Å². The number of rotatable bonds is 7. The molecule has 0 atom stereocenters. The highest BCUT2D eigenvalue weighted by Gasteiger charge is 2.21. The highest BCUT2D eigenvalue weighted by Crippen LogP contribution is 2.22. The van der Waals surface area contributed by atoms with Gasteiger partial charge in [-0.3, -0.25) is 9.10 Å². The quantitative estimate of drug-likeness (QED) is 0.477. The van der Waals surface area contributed by atoms with E-state index in [2.05, 4.69) is 10.4 Å². The molecule has 4 aromatic rings. The van der Waals surface area contributed by atoms with Crippen LogP contribution < -0.4 is 9.62 Å². The first-order chi connectivity index (χ1) is 14.9. The molecule has 8 nitrogen and oxygen atoms in total. The monoisotopic (exact) mass is 436 g/mol. The van der Waals surface area contributed by atoms with E-state index < -0.39 is 10.0 Å². The number of carbonyl (C=O) groups is 1. The Kier molecular flexibility index (Phi) is 5.59. The number of anilines is 2. The number of hydrogen-bond donors (Lipinski definition) is 1. The first-order valence-electron chi connectivity index (χ1n) is 9.45. The second-order valence-electron chi connectivity index (χ2n) is 6.74. The Hall–Kier alpha value is -3.85. The van der Waals surface area contributed by atoms with E-state index in [-0.39, 0.29) is 10.8 Å².